The number of aliphatic hydroxyl groups is 1. The fourth-order valence-electron chi connectivity index (χ4n) is 2.06. The highest BCUT2D eigenvalue weighted by atomic mass is 16.6. The third-order valence-corrected chi connectivity index (χ3v) is 3.21. The fraction of sp³-hybridized carbons (Fsp3) is 0.600. The molecule has 0 aromatic carbocycles. The predicted molar refractivity (Wildman–Crippen MR) is 72.5 cm³/mol. The second-order valence-corrected chi connectivity index (χ2v) is 4.83. The lowest BCUT2D eigenvalue weighted by molar-refractivity contribution is -0.134. The molecule has 1 N–H and O–H groups in total. The number of hydrogen-bond donors (Lipinski definition) is 1. The fourth-order valence-corrected chi connectivity index (χ4v) is 2.06. The van der Waals surface area contributed by atoms with Gasteiger partial charge in [0.15, 0.2) is 17.3 Å². The van der Waals surface area contributed by atoms with Crippen LogP contribution in [0.25, 0.3) is 0 Å². The highest BCUT2D eigenvalue weighted by Crippen LogP contribution is 2.24. The molecule has 0 saturated carbocycles. The molecule has 0 aromatic rings. The number of hydrogen-bond acceptors (Lipinski definition) is 4. The molecule has 1 heterocycles. The van der Waals surface area contributed by atoms with Crippen LogP contribution in [0.4, 0.5) is 0 Å². The lowest BCUT2D eigenvalue weighted by atomic mass is 10.0. The second kappa shape index (κ2) is 7.77. The normalized spacial score (nSPS) is 15.0. The lowest BCUT2D eigenvalue weighted by Gasteiger charge is -2.01. The third-order valence-electron chi connectivity index (χ3n) is 3.21. The van der Waals surface area contributed by atoms with Gasteiger partial charge < -0.3 is 9.84 Å². The molecule has 0 saturated heterocycles. The van der Waals surface area contributed by atoms with Crippen LogP contribution in [0.2, 0.25) is 0 Å². The Morgan fingerprint density at radius 2 is 1.74 bits per heavy atom. The van der Waals surface area contributed by atoms with Crippen LogP contribution < -0.4 is 0 Å². The van der Waals surface area contributed by atoms with E-state index >= 15 is 0 Å². The number of ketones is 1. The number of Topliss-reactive ketones (excluding diaryl/α,β-unsaturated/α-hetero) is 1. The Balaban J connectivity index is 2.25. The number of cyclic esters (lactones) is 1. The Morgan fingerprint density at radius 1 is 1.16 bits per heavy atom. The summed E-state index contributed by atoms with van der Waals surface area (Å²) in [7, 11) is 0. The summed E-state index contributed by atoms with van der Waals surface area (Å²) < 4.78 is 4.60. The number of carbonyl (C=O) groups excluding carboxylic acids is 2. The molecular formula is C15H22O4. The standard InChI is InChI=1S/C15H22O4/c1-3-4-5-6-7-8-9-10-12(16)13-14(17)11(2)19-15(13)18/h17H,2-10H2,1H3. The summed E-state index contributed by atoms with van der Waals surface area (Å²) in [6.07, 6.45) is 7.99. The first kappa shape index (κ1) is 15.5. The van der Waals surface area contributed by atoms with Gasteiger partial charge in [-0.25, -0.2) is 4.79 Å². The van der Waals surface area contributed by atoms with E-state index in [1.165, 1.54) is 25.7 Å². The zero-order valence-electron chi connectivity index (χ0n) is 11.5. The molecule has 1 aliphatic rings. The number of aliphatic hydroxyl groups excluding tert-OH is 1. The molecule has 0 fully saturated rings. The number of unbranched alkanes of at least 4 members (excludes halogenated alkanes) is 6. The Bertz CT molecular complexity index is 393. The maximum absolute atomic E-state index is 11.8. The quantitative estimate of drug-likeness (QED) is 0.393. The van der Waals surface area contributed by atoms with Crippen molar-refractivity contribution in [2.24, 2.45) is 0 Å². The van der Waals surface area contributed by atoms with E-state index in [-0.39, 0.29) is 23.5 Å². The van der Waals surface area contributed by atoms with Gasteiger partial charge >= 0.3 is 5.97 Å². The Hall–Kier alpha value is -1.58. The van der Waals surface area contributed by atoms with E-state index in [2.05, 4.69) is 18.2 Å². The van der Waals surface area contributed by atoms with Crippen molar-refractivity contribution in [1.82, 2.24) is 0 Å². The van der Waals surface area contributed by atoms with E-state index < -0.39 is 11.7 Å². The molecule has 1 aliphatic heterocycles. The van der Waals surface area contributed by atoms with Crippen LogP contribution in [-0.4, -0.2) is 16.9 Å². The van der Waals surface area contributed by atoms with Crippen LogP contribution in [0.3, 0.4) is 0 Å². The minimum absolute atomic E-state index is 0.132. The molecule has 0 aromatic heterocycles. The van der Waals surface area contributed by atoms with E-state index in [9.17, 15) is 14.7 Å². The maximum atomic E-state index is 11.8. The average molecular weight is 266 g/mol. The van der Waals surface area contributed by atoms with Crippen molar-refractivity contribution < 1.29 is 19.4 Å². The van der Waals surface area contributed by atoms with Crippen molar-refractivity contribution in [3.05, 3.63) is 23.7 Å². The van der Waals surface area contributed by atoms with Gasteiger partial charge in [0.1, 0.15) is 5.57 Å². The molecule has 0 aliphatic carbocycles. The highest BCUT2D eigenvalue weighted by Gasteiger charge is 2.33. The predicted octanol–water partition coefficient (Wildman–Crippen LogP) is 3.58. The van der Waals surface area contributed by atoms with E-state index in [4.69, 9.17) is 0 Å². The highest BCUT2D eigenvalue weighted by molar-refractivity contribution is 6.19. The molecule has 0 amide bonds. The van der Waals surface area contributed by atoms with Crippen molar-refractivity contribution in [3.8, 4) is 0 Å². The van der Waals surface area contributed by atoms with Crippen LogP contribution in [0.15, 0.2) is 23.7 Å². The van der Waals surface area contributed by atoms with Gasteiger partial charge in [-0.15, -0.1) is 0 Å². The first-order chi connectivity index (χ1) is 9.07. The first-order valence-corrected chi connectivity index (χ1v) is 6.95. The van der Waals surface area contributed by atoms with Gasteiger partial charge in [-0.05, 0) is 6.42 Å². The summed E-state index contributed by atoms with van der Waals surface area (Å²) in [6.45, 7) is 5.53. The minimum atomic E-state index is -0.782. The van der Waals surface area contributed by atoms with Gasteiger partial charge in [-0.1, -0.05) is 52.0 Å². The number of esters is 1. The Kier molecular flexibility index (Phi) is 6.33. The molecule has 0 radical (unpaired) electrons. The van der Waals surface area contributed by atoms with Crippen LogP contribution >= 0.6 is 0 Å². The van der Waals surface area contributed by atoms with Crippen LogP contribution in [0.1, 0.15) is 58.3 Å². The summed E-state index contributed by atoms with van der Waals surface area (Å²) in [5.41, 5.74) is -0.240. The van der Waals surface area contributed by atoms with Gasteiger partial charge in [0.25, 0.3) is 0 Å². The van der Waals surface area contributed by atoms with Crippen molar-refractivity contribution in [2.75, 3.05) is 0 Å². The molecule has 4 nitrogen and oxygen atoms in total. The summed E-state index contributed by atoms with van der Waals surface area (Å²) in [5, 5.41) is 9.51. The molecular weight excluding hydrogens is 244 g/mol. The molecule has 0 bridgehead atoms. The number of ether oxygens (including phenoxy) is 1. The lowest BCUT2D eigenvalue weighted by Crippen LogP contribution is -2.10. The average Bonchev–Trinajstić information content (AvgIpc) is 2.62. The van der Waals surface area contributed by atoms with Crippen LogP contribution in [0, 0.1) is 0 Å². The largest absolute Gasteiger partial charge is 0.504 e. The Labute approximate surface area is 114 Å². The summed E-state index contributed by atoms with van der Waals surface area (Å²) in [5.74, 6) is -1.67. The molecule has 0 unspecified atom stereocenters. The molecule has 1 rings (SSSR count). The van der Waals surface area contributed by atoms with E-state index in [0.717, 1.165) is 19.3 Å². The molecule has 4 heteroatoms. The third kappa shape index (κ3) is 4.54. The van der Waals surface area contributed by atoms with Crippen LogP contribution in [0.5, 0.6) is 0 Å². The van der Waals surface area contributed by atoms with Crippen LogP contribution in [-0.2, 0) is 14.3 Å². The second-order valence-electron chi connectivity index (χ2n) is 4.83. The van der Waals surface area contributed by atoms with E-state index in [0.29, 0.717) is 0 Å². The van der Waals surface area contributed by atoms with Gasteiger partial charge in [-0.2, -0.15) is 0 Å². The van der Waals surface area contributed by atoms with Gasteiger partial charge in [-0.3, -0.25) is 4.79 Å². The summed E-state index contributed by atoms with van der Waals surface area (Å²) >= 11 is 0. The number of rotatable bonds is 9. The molecule has 19 heavy (non-hydrogen) atoms. The number of carbonyl (C=O) groups is 2. The van der Waals surface area contributed by atoms with Gasteiger partial charge in [0, 0.05) is 6.42 Å². The molecule has 0 spiro atoms. The molecule has 0 atom stereocenters. The first-order valence-electron chi connectivity index (χ1n) is 6.95. The van der Waals surface area contributed by atoms with Crippen molar-refractivity contribution >= 4 is 11.8 Å². The Morgan fingerprint density at radius 3 is 2.26 bits per heavy atom. The zero-order valence-corrected chi connectivity index (χ0v) is 11.5. The van der Waals surface area contributed by atoms with Gasteiger partial charge in [0.05, 0.1) is 0 Å². The smallest absolute Gasteiger partial charge is 0.351 e. The van der Waals surface area contributed by atoms with Crippen molar-refractivity contribution in [2.45, 2.75) is 58.3 Å². The molecule has 106 valence electrons. The van der Waals surface area contributed by atoms with E-state index in [1.54, 1.807) is 0 Å². The topological polar surface area (TPSA) is 63.6 Å². The van der Waals surface area contributed by atoms with Gasteiger partial charge in [0.2, 0.25) is 0 Å². The van der Waals surface area contributed by atoms with Crippen molar-refractivity contribution in [1.29, 1.82) is 0 Å². The minimum Gasteiger partial charge on any atom is -0.504 e. The maximum Gasteiger partial charge on any atom is 0.351 e. The van der Waals surface area contributed by atoms with Crippen molar-refractivity contribution in [3.63, 3.8) is 0 Å². The monoisotopic (exact) mass is 266 g/mol. The SMILES string of the molecule is C=C1OC(=O)C(C(=O)CCCCCCCCC)=C1O. The van der Waals surface area contributed by atoms with E-state index in [1.807, 2.05) is 0 Å². The summed E-state index contributed by atoms with van der Waals surface area (Å²) in [4.78, 5) is 23.1. The zero-order chi connectivity index (χ0) is 14.3. The summed E-state index contributed by atoms with van der Waals surface area (Å²) in [6, 6.07) is 0.